The van der Waals surface area contributed by atoms with Crippen molar-refractivity contribution in [2.45, 2.75) is 46.0 Å². The summed E-state index contributed by atoms with van der Waals surface area (Å²) in [5, 5.41) is 4.20. The lowest BCUT2D eigenvalue weighted by molar-refractivity contribution is -0.160. The minimum Gasteiger partial charge on any atom is -0.466 e. The minimum absolute atomic E-state index is 0.202. The number of esters is 1. The second kappa shape index (κ2) is 8.01. The molecule has 0 spiro atoms. The molecule has 29 heavy (non-hydrogen) atoms. The van der Waals surface area contributed by atoms with Crippen LogP contribution in [0.5, 0.6) is 0 Å². The van der Waals surface area contributed by atoms with Crippen LogP contribution in [-0.4, -0.2) is 41.6 Å². The van der Waals surface area contributed by atoms with E-state index in [9.17, 15) is 9.59 Å². The summed E-state index contributed by atoms with van der Waals surface area (Å²) < 4.78 is 11.0. The van der Waals surface area contributed by atoms with Crippen molar-refractivity contribution in [3.63, 3.8) is 0 Å². The van der Waals surface area contributed by atoms with Crippen molar-refractivity contribution >= 4 is 11.9 Å². The maximum atomic E-state index is 12.9. The third kappa shape index (κ3) is 4.21. The highest BCUT2D eigenvalue weighted by atomic mass is 16.5. The van der Waals surface area contributed by atoms with Gasteiger partial charge in [-0.05, 0) is 39.5 Å². The van der Waals surface area contributed by atoms with Gasteiger partial charge in [-0.2, -0.15) is 0 Å². The molecule has 0 N–H and O–H groups in total. The van der Waals surface area contributed by atoms with Crippen LogP contribution in [0.2, 0.25) is 0 Å². The van der Waals surface area contributed by atoms with E-state index in [4.69, 9.17) is 9.26 Å². The number of hydrogen-bond donors (Lipinski definition) is 0. The van der Waals surface area contributed by atoms with E-state index in [1.54, 1.807) is 0 Å². The molecule has 6 nitrogen and oxygen atoms in total. The standard InChI is InChI=1S/C23H28N2O4/c1-3-28-22(27)23(10-12-25(13-11-23)21(26)18-8-9-18)15-19-14-20(24-29-19)17-6-4-16(2)5-7-17/h4-7,14,18H,3,8-13,15H2,1-2H3. The summed E-state index contributed by atoms with van der Waals surface area (Å²) in [6, 6.07) is 10.0. The molecule has 6 heteroatoms. The Hall–Kier alpha value is -2.63. The van der Waals surface area contributed by atoms with E-state index in [2.05, 4.69) is 5.16 Å². The zero-order valence-corrected chi connectivity index (χ0v) is 17.1. The molecule has 1 amide bonds. The number of ether oxygens (including phenoxy) is 1. The topological polar surface area (TPSA) is 72.6 Å². The molecule has 4 rings (SSSR count). The average molecular weight is 396 g/mol. The Morgan fingerprint density at radius 2 is 1.90 bits per heavy atom. The molecule has 154 valence electrons. The highest BCUT2D eigenvalue weighted by Crippen LogP contribution is 2.39. The van der Waals surface area contributed by atoms with Gasteiger partial charge in [-0.1, -0.05) is 35.0 Å². The van der Waals surface area contributed by atoms with E-state index in [-0.39, 0.29) is 17.8 Å². The number of amides is 1. The number of rotatable bonds is 6. The summed E-state index contributed by atoms with van der Waals surface area (Å²) in [6.07, 6.45) is 3.61. The Labute approximate surface area is 171 Å². The lowest BCUT2D eigenvalue weighted by Crippen LogP contribution is -2.48. The fourth-order valence-corrected chi connectivity index (χ4v) is 4.07. The number of piperidine rings is 1. The molecule has 2 fully saturated rings. The van der Waals surface area contributed by atoms with Crippen LogP contribution in [0.15, 0.2) is 34.9 Å². The van der Waals surface area contributed by atoms with E-state index in [0.717, 1.165) is 24.1 Å². The van der Waals surface area contributed by atoms with Gasteiger partial charge in [-0.25, -0.2) is 0 Å². The molecule has 2 heterocycles. The molecular formula is C23H28N2O4. The van der Waals surface area contributed by atoms with Crippen LogP contribution in [0, 0.1) is 18.3 Å². The van der Waals surface area contributed by atoms with Gasteiger partial charge in [0.25, 0.3) is 0 Å². The fourth-order valence-electron chi connectivity index (χ4n) is 4.07. The summed E-state index contributed by atoms with van der Waals surface area (Å²) in [4.78, 5) is 27.2. The SMILES string of the molecule is CCOC(=O)C1(Cc2cc(-c3ccc(C)cc3)no2)CCN(C(=O)C2CC2)CC1. The molecular weight excluding hydrogens is 368 g/mol. The molecule has 1 aliphatic heterocycles. The minimum atomic E-state index is -0.666. The van der Waals surface area contributed by atoms with Crippen molar-refractivity contribution in [1.29, 1.82) is 0 Å². The van der Waals surface area contributed by atoms with Crippen LogP contribution in [0.25, 0.3) is 11.3 Å². The van der Waals surface area contributed by atoms with E-state index in [1.165, 1.54) is 5.56 Å². The van der Waals surface area contributed by atoms with Crippen molar-refractivity contribution in [1.82, 2.24) is 10.1 Å². The van der Waals surface area contributed by atoms with Gasteiger partial charge in [0.1, 0.15) is 11.5 Å². The first kappa shape index (κ1) is 19.7. The average Bonchev–Trinajstić information content (AvgIpc) is 3.48. The summed E-state index contributed by atoms with van der Waals surface area (Å²) in [6.45, 7) is 5.39. The Morgan fingerprint density at radius 1 is 1.21 bits per heavy atom. The lowest BCUT2D eigenvalue weighted by atomic mass is 9.74. The normalized spacial score (nSPS) is 18.5. The maximum Gasteiger partial charge on any atom is 0.312 e. The van der Waals surface area contributed by atoms with Crippen LogP contribution in [0.4, 0.5) is 0 Å². The quantitative estimate of drug-likeness (QED) is 0.695. The molecule has 1 aromatic carbocycles. The molecule has 1 aliphatic carbocycles. The van der Waals surface area contributed by atoms with Crippen molar-refractivity contribution in [2.24, 2.45) is 11.3 Å². The third-order valence-corrected chi connectivity index (χ3v) is 6.09. The van der Waals surface area contributed by atoms with Crippen molar-refractivity contribution in [2.75, 3.05) is 19.7 Å². The number of carbonyl (C=O) groups is 2. The Morgan fingerprint density at radius 3 is 2.52 bits per heavy atom. The van der Waals surface area contributed by atoms with Gasteiger partial charge in [0.05, 0.1) is 12.0 Å². The van der Waals surface area contributed by atoms with E-state index < -0.39 is 5.41 Å². The number of carbonyl (C=O) groups excluding carboxylic acids is 2. The van der Waals surface area contributed by atoms with E-state index in [1.807, 2.05) is 49.1 Å². The zero-order chi connectivity index (χ0) is 20.4. The summed E-state index contributed by atoms with van der Waals surface area (Å²) in [5.74, 6) is 0.919. The first-order chi connectivity index (χ1) is 14.0. The lowest BCUT2D eigenvalue weighted by Gasteiger charge is -2.39. The Kier molecular flexibility index (Phi) is 5.43. The second-order valence-electron chi connectivity index (χ2n) is 8.32. The number of nitrogens with zero attached hydrogens (tertiary/aromatic N) is 2. The third-order valence-electron chi connectivity index (χ3n) is 6.09. The van der Waals surface area contributed by atoms with Gasteiger partial charge >= 0.3 is 5.97 Å². The van der Waals surface area contributed by atoms with Crippen LogP contribution < -0.4 is 0 Å². The molecule has 1 saturated carbocycles. The zero-order valence-electron chi connectivity index (χ0n) is 17.1. The Bertz CT molecular complexity index is 875. The van der Waals surface area contributed by atoms with Crippen molar-refractivity contribution in [3.8, 4) is 11.3 Å². The van der Waals surface area contributed by atoms with E-state index in [0.29, 0.717) is 44.7 Å². The Balaban J connectivity index is 1.50. The molecule has 1 aromatic heterocycles. The molecule has 0 radical (unpaired) electrons. The van der Waals surface area contributed by atoms with E-state index >= 15 is 0 Å². The smallest absolute Gasteiger partial charge is 0.312 e. The van der Waals surface area contributed by atoms with Gasteiger partial charge in [0, 0.05) is 37.1 Å². The van der Waals surface area contributed by atoms with Gasteiger partial charge in [-0.15, -0.1) is 0 Å². The van der Waals surface area contributed by atoms with Crippen LogP contribution in [0.1, 0.15) is 43.9 Å². The van der Waals surface area contributed by atoms with Gasteiger partial charge in [-0.3, -0.25) is 9.59 Å². The summed E-state index contributed by atoms with van der Waals surface area (Å²) in [5.41, 5.74) is 2.27. The predicted octanol–water partition coefficient (Wildman–Crippen LogP) is 3.77. The molecule has 0 atom stereocenters. The molecule has 0 bridgehead atoms. The number of aryl methyl sites for hydroxylation is 1. The van der Waals surface area contributed by atoms with Crippen molar-refractivity contribution in [3.05, 3.63) is 41.7 Å². The number of aromatic nitrogens is 1. The predicted molar refractivity (Wildman–Crippen MR) is 108 cm³/mol. The van der Waals surface area contributed by atoms with Crippen LogP contribution in [0.3, 0.4) is 0 Å². The highest BCUT2D eigenvalue weighted by Gasteiger charge is 2.46. The van der Waals surface area contributed by atoms with Gasteiger partial charge in [0.2, 0.25) is 5.91 Å². The highest BCUT2D eigenvalue weighted by molar-refractivity contribution is 5.82. The maximum absolute atomic E-state index is 12.9. The largest absolute Gasteiger partial charge is 0.466 e. The van der Waals surface area contributed by atoms with Crippen LogP contribution in [-0.2, 0) is 20.7 Å². The molecule has 2 aromatic rings. The monoisotopic (exact) mass is 396 g/mol. The van der Waals surface area contributed by atoms with Crippen LogP contribution >= 0.6 is 0 Å². The number of benzene rings is 1. The fraction of sp³-hybridized carbons (Fsp3) is 0.522. The summed E-state index contributed by atoms with van der Waals surface area (Å²) >= 11 is 0. The number of hydrogen-bond acceptors (Lipinski definition) is 5. The van der Waals surface area contributed by atoms with Gasteiger partial charge < -0.3 is 14.2 Å². The molecule has 2 aliphatic rings. The number of likely N-dealkylation sites (tertiary alicyclic amines) is 1. The van der Waals surface area contributed by atoms with Crippen molar-refractivity contribution < 1.29 is 18.8 Å². The first-order valence-corrected chi connectivity index (χ1v) is 10.5. The first-order valence-electron chi connectivity index (χ1n) is 10.5. The molecule has 1 saturated heterocycles. The molecule has 0 unspecified atom stereocenters. The summed E-state index contributed by atoms with van der Waals surface area (Å²) in [7, 11) is 0. The second-order valence-corrected chi connectivity index (χ2v) is 8.32. The van der Waals surface area contributed by atoms with Gasteiger partial charge in [0.15, 0.2) is 0 Å².